The molecule has 1 aliphatic rings. The normalized spacial score (nSPS) is 20.2. The van der Waals surface area contributed by atoms with Crippen LogP contribution in [-0.4, -0.2) is 38.8 Å². The molecule has 0 aromatic carbocycles. The SMILES string of the molecule is Clc1cc(NCC2CCCCO2)n2ncnc2n1. The van der Waals surface area contributed by atoms with Crippen LogP contribution < -0.4 is 5.32 Å². The molecule has 1 unspecified atom stereocenters. The molecular formula is C11H14ClN5O. The minimum atomic E-state index is 0.254. The van der Waals surface area contributed by atoms with E-state index in [1.807, 2.05) is 0 Å². The van der Waals surface area contributed by atoms with Crippen molar-refractivity contribution in [1.29, 1.82) is 0 Å². The summed E-state index contributed by atoms with van der Waals surface area (Å²) in [4.78, 5) is 8.09. The lowest BCUT2D eigenvalue weighted by Gasteiger charge is -2.23. The molecule has 1 saturated heterocycles. The number of rotatable bonds is 3. The summed E-state index contributed by atoms with van der Waals surface area (Å²) in [6.07, 6.45) is 5.18. The molecule has 0 bridgehead atoms. The maximum Gasteiger partial charge on any atom is 0.255 e. The second-order valence-electron chi connectivity index (χ2n) is 4.31. The van der Waals surface area contributed by atoms with Gasteiger partial charge >= 0.3 is 0 Å². The molecule has 7 heteroatoms. The Labute approximate surface area is 109 Å². The molecule has 6 nitrogen and oxygen atoms in total. The van der Waals surface area contributed by atoms with Gasteiger partial charge < -0.3 is 10.1 Å². The second kappa shape index (κ2) is 5.07. The van der Waals surface area contributed by atoms with E-state index in [1.54, 1.807) is 10.6 Å². The van der Waals surface area contributed by atoms with E-state index in [0.29, 0.717) is 10.9 Å². The van der Waals surface area contributed by atoms with Crippen molar-refractivity contribution in [2.24, 2.45) is 0 Å². The Morgan fingerprint density at radius 2 is 2.44 bits per heavy atom. The van der Waals surface area contributed by atoms with Crippen LogP contribution in [0.3, 0.4) is 0 Å². The fourth-order valence-corrected chi connectivity index (χ4v) is 2.28. The summed E-state index contributed by atoms with van der Waals surface area (Å²) in [5.41, 5.74) is 0. The second-order valence-corrected chi connectivity index (χ2v) is 4.69. The van der Waals surface area contributed by atoms with E-state index < -0.39 is 0 Å². The number of hydrogen-bond donors (Lipinski definition) is 1. The zero-order valence-electron chi connectivity index (χ0n) is 9.84. The molecule has 0 radical (unpaired) electrons. The first kappa shape index (κ1) is 11.7. The van der Waals surface area contributed by atoms with Gasteiger partial charge in [0.05, 0.1) is 6.10 Å². The average Bonchev–Trinajstić information content (AvgIpc) is 2.85. The maximum absolute atomic E-state index is 5.94. The van der Waals surface area contributed by atoms with Crippen LogP contribution >= 0.6 is 11.6 Å². The maximum atomic E-state index is 5.94. The molecule has 18 heavy (non-hydrogen) atoms. The third kappa shape index (κ3) is 2.39. The summed E-state index contributed by atoms with van der Waals surface area (Å²) in [7, 11) is 0. The minimum Gasteiger partial charge on any atom is -0.376 e. The number of hydrogen-bond acceptors (Lipinski definition) is 5. The van der Waals surface area contributed by atoms with E-state index in [-0.39, 0.29) is 6.10 Å². The van der Waals surface area contributed by atoms with Crippen molar-refractivity contribution in [3.05, 3.63) is 17.5 Å². The van der Waals surface area contributed by atoms with Crippen LogP contribution in [-0.2, 0) is 4.74 Å². The highest BCUT2D eigenvalue weighted by Crippen LogP contribution is 2.17. The molecule has 0 aliphatic carbocycles. The Morgan fingerprint density at radius 3 is 3.28 bits per heavy atom. The van der Waals surface area contributed by atoms with E-state index in [2.05, 4.69) is 20.4 Å². The minimum absolute atomic E-state index is 0.254. The molecule has 1 N–H and O–H groups in total. The molecule has 0 amide bonds. The molecule has 2 aromatic heterocycles. The summed E-state index contributed by atoms with van der Waals surface area (Å²) in [6, 6.07) is 1.74. The van der Waals surface area contributed by atoms with Gasteiger partial charge in [-0.3, -0.25) is 0 Å². The van der Waals surface area contributed by atoms with Crippen LogP contribution in [0.15, 0.2) is 12.4 Å². The van der Waals surface area contributed by atoms with Gasteiger partial charge in [-0.2, -0.15) is 19.6 Å². The fraction of sp³-hybridized carbons (Fsp3) is 0.545. The Hall–Kier alpha value is -1.40. The van der Waals surface area contributed by atoms with Crippen molar-refractivity contribution in [3.8, 4) is 0 Å². The van der Waals surface area contributed by atoms with Gasteiger partial charge in [-0.25, -0.2) is 0 Å². The van der Waals surface area contributed by atoms with Gasteiger partial charge in [-0.1, -0.05) is 11.6 Å². The lowest BCUT2D eigenvalue weighted by Crippen LogP contribution is -2.27. The van der Waals surface area contributed by atoms with Crippen LogP contribution in [0.5, 0.6) is 0 Å². The molecule has 0 spiro atoms. The highest BCUT2D eigenvalue weighted by atomic mass is 35.5. The number of anilines is 1. The number of aromatic nitrogens is 4. The number of ether oxygens (including phenoxy) is 1. The van der Waals surface area contributed by atoms with E-state index in [9.17, 15) is 0 Å². The van der Waals surface area contributed by atoms with Crippen molar-refractivity contribution >= 4 is 23.2 Å². The van der Waals surface area contributed by atoms with Gasteiger partial charge in [0.25, 0.3) is 5.78 Å². The Kier molecular flexibility index (Phi) is 3.29. The van der Waals surface area contributed by atoms with Crippen molar-refractivity contribution in [2.75, 3.05) is 18.5 Å². The fourth-order valence-electron chi connectivity index (χ4n) is 2.10. The number of halogens is 1. The lowest BCUT2D eigenvalue weighted by molar-refractivity contribution is 0.0247. The third-order valence-corrected chi connectivity index (χ3v) is 3.20. The first-order chi connectivity index (χ1) is 8.83. The largest absolute Gasteiger partial charge is 0.376 e. The summed E-state index contributed by atoms with van der Waals surface area (Å²) in [6.45, 7) is 1.59. The van der Waals surface area contributed by atoms with Gasteiger partial charge in [-0.05, 0) is 19.3 Å². The van der Waals surface area contributed by atoms with Gasteiger partial charge in [0.15, 0.2) is 0 Å². The van der Waals surface area contributed by atoms with Crippen LogP contribution in [0.1, 0.15) is 19.3 Å². The Bertz CT molecular complexity index is 537. The van der Waals surface area contributed by atoms with Gasteiger partial charge in [-0.15, -0.1) is 0 Å². The standard InChI is InChI=1S/C11H14ClN5O/c12-9-5-10(17-11(16-9)14-7-15-17)13-6-8-3-1-2-4-18-8/h5,7-8,13H,1-4,6H2. The van der Waals surface area contributed by atoms with Crippen molar-refractivity contribution < 1.29 is 4.74 Å². The van der Waals surface area contributed by atoms with Crippen LogP contribution in [0.2, 0.25) is 5.15 Å². The topological polar surface area (TPSA) is 64.3 Å². The van der Waals surface area contributed by atoms with Crippen LogP contribution in [0.25, 0.3) is 5.78 Å². The summed E-state index contributed by atoms with van der Waals surface area (Å²) in [5.74, 6) is 1.28. The van der Waals surface area contributed by atoms with Crippen molar-refractivity contribution in [3.63, 3.8) is 0 Å². The van der Waals surface area contributed by atoms with Gasteiger partial charge in [0.1, 0.15) is 17.3 Å². The average molecular weight is 268 g/mol. The van der Waals surface area contributed by atoms with Gasteiger partial charge in [0.2, 0.25) is 0 Å². The molecule has 1 atom stereocenters. The molecule has 96 valence electrons. The first-order valence-corrected chi connectivity index (χ1v) is 6.42. The first-order valence-electron chi connectivity index (χ1n) is 6.05. The third-order valence-electron chi connectivity index (χ3n) is 3.01. The van der Waals surface area contributed by atoms with Gasteiger partial charge in [0, 0.05) is 19.2 Å². The van der Waals surface area contributed by atoms with E-state index in [1.165, 1.54) is 12.7 Å². The molecule has 0 saturated carbocycles. The predicted octanol–water partition coefficient (Wildman–Crippen LogP) is 1.76. The molecule has 3 heterocycles. The van der Waals surface area contributed by atoms with E-state index in [0.717, 1.165) is 31.8 Å². The zero-order valence-corrected chi connectivity index (χ0v) is 10.6. The van der Waals surface area contributed by atoms with E-state index >= 15 is 0 Å². The summed E-state index contributed by atoms with van der Waals surface area (Å²) < 4.78 is 7.30. The number of nitrogens with zero attached hydrogens (tertiary/aromatic N) is 4. The zero-order chi connectivity index (χ0) is 12.4. The molecule has 1 aliphatic heterocycles. The molecule has 2 aromatic rings. The quantitative estimate of drug-likeness (QED) is 0.859. The number of nitrogens with one attached hydrogen (secondary N) is 1. The highest BCUT2D eigenvalue weighted by Gasteiger charge is 2.14. The van der Waals surface area contributed by atoms with Crippen molar-refractivity contribution in [2.45, 2.75) is 25.4 Å². The predicted molar refractivity (Wildman–Crippen MR) is 67.9 cm³/mol. The van der Waals surface area contributed by atoms with Crippen molar-refractivity contribution in [1.82, 2.24) is 19.6 Å². The highest BCUT2D eigenvalue weighted by molar-refractivity contribution is 6.29. The smallest absolute Gasteiger partial charge is 0.255 e. The summed E-state index contributed by atoms with van der Waals surface area (Å²) in [5, 5.41) is 7.81. The molecular weight excluding hydrogens is 254 g/mol. The Balaban J connectivity index is 1.75. The van der Waals surface area contributed by atoms with Crippen LogP contribution in [0.4, 0.5) is 5.82 Å². The molecule has 3 rings (SSSR count). The lowest BCUT2D eigenvalue weighted by atomic mass is 10.1. The Morgan fingerprint density at radius 1 is 1.50 bits per heavy atom. The summed E-state index contributed by atoms with van der Waals surface area (Å²) >= 11 is 5.94. The molecule has 1 fully saturated rings. The monoisotopic (exact) mass is 267 g/mol. The number of fused-ring (bicyclic) bond motifs is 1. The van der Waals surface area contributed by atoms with Crippen LogP contribution in [0, 0.1) is 0 Å². The van der Waals surface area contributed by atoms with E-state index in [4.69, 9.17) is 16.3 Å².